The van der Waals surface area contributed by atoms with Crippen LogP contribution in [-0.2, 0) is 0 Å². The van der Waals surface area contributed by atoms with Crippen LogP contribution >= 0.6 is 0 Å². The van der Waals surface area contributed by atoms with E-state index in [-0.39, 0.29) is 0 Å². The van der Waals surface area contributed by atoms with Crippen molar-refractivity contribution >= 4 is 0 Å². The van der Waals surface area contributed by atoms with Crippen LogP contribution in [0.2, 0.25) is 0 Å². The highest BCUT2D eigenvalue weighted by Gasteiger charge is 2.02. The average Bonchev–Trinajstić information content (AvgIpc) is 2.34. The van der Waals surface area contributed by atoms with Crippen molar-refractivity contribution in [2.75, 3.05) is 13.2 Å². The molecule has 0 saturated carbocycles. The molecule has 3 nitrogen and oxygen atoms in total. The van der Waals surface area contributed by atoms with Crippen molar-refractivity contribution < 1.29 is 5.11 Å². The molecule has 0 aliphatic carbocycles. The maximum atomic E-state index is 8.64. The van der Waals surface area contributed by atoms with Gasteiger partial charge in [-0.15, -0.1) is 0 Å². The Kier molecular flexibility index (Phi) is 6.77. The molecule has 0 radical (unpaired) electrons. The van der Waals surface area contributed by atoms with E-state index in [1.807, 2.05) is 12.3 Å². The summed E-state index contributed by atoms with van der Waals surface area (Å²) in [6, 6.07) is 4.43. The van der Waals surface area contributed by atoms with Crippen molar-refractivity contribution in [2.24, 2.45) is 0 Å². The lowest BCUT2D eigenvalue weighted by atomic mass is 10.1. The van der Waals surface area contributed by atoms with Crippen molar-refractivity contribution in [1.82, 2.24) is 10.3 Å². The lowest BCUT2D eigenvalue weighted by Gasteiger charge is -2.13. The minimum atomic E-state index is 0.319. The Morgan fingerprint density at radius 2 is 2.12 bits per heavy atom. The summed E-state index contributed by atoms with van der Waals surface area (Å²) in [4.78, 5) is 4.11. The number of rotatable bonds is 8. The predicted molar refractivity (Wildman–Crippen MR) is 66.2 cm³/mol. The lowest BCUT2D eigenvalue weighted by Crippen LogP contribution is -2.19. The Morgan fingerprint density at radius 1 is 1.31 bits per heavy atom. The third kappa shape index (κ3) is 5.24. The van der Waals surface area contributed by atoms with Crippen molar-refractivity contribution in [3.05, 3.63) is 30.1 Å². The van der Waals surface area contributed by atoms with E-state index in [1.165, 1.54) is 18.4 Å². The summed E-state index contributed by atoms with van der Waals surface area (Å²) in [5, 5.41) is 12.1. The fraction of sp³-hybridized carbons (Fsp3) is 0.615. The molecular formula is C13H22N2O. The van der Waals surface area contributed by atoms with E-state index < -0.39 is 0 Å². The van der Waals surface area contributed by atoms with E-state index >= 15 is 0 Å². The highest BCUT2D eigenvalue weighted by Crippen LogP contribution is 2.09. The van der Waals surface area contributed by atoms with Gasteiger partial charge in [-0.05, 0) is 37.9 Å². The number of nitrogens with one attached hydrogen (secondary N) is 1. The first-order valence-electron chi connectivity index (χ1n) is 6.08. The van der Waals surface area contributed by atoms with Crippen molar-refractivity contribution in [1.29, 1.82) is 0 Å². The summed E-state index contributed by atoms with van der Waals surface area (Å²) in [5.74, 6) is 0. The van der Waals surface area contributed by atoms with Gasteiger partial charge >= 0.3 is 0 Å². The van der Waals surface area contributed by atoms with E-state index in [0.29, 0.717) is 12.6 Å². The molecule has 3 heteroatoms. The number of aliphatic hydroxyl groups excluding tert-OH is 1. The number of aromatic nitrogens is 1. The summed E-state index contributed by atoms with van der Waals surface area (Å²) in [7, 11) is 0. The molecule has 0 amide bonds. The van der Waals surface area contributed by atoms with Crippen molar-refractivity contribution in [2.45, 2.75) is 38.6 Å². The van der Waals surface area contributed by atoms with Crippen molar-refractivity contribution in [3.8, 4) is 0 Å². The van der Waals surface area contributed by atoms with Crippen LogP contribution in [0.1, 0.15) is 44.2 Å². The van der Waals surface area contributed by atoms with Gasteiger partial charge < -0.3 is 10.4 Å². The Labute approximate surface area is 97.9 Å². The lowest BCUT2D eigenvalue weighted by molar-refractivity contribution is 0.282. The van der Waals surface area contributed by atoms with Gasteiger partial charge in [0.25, 0.3) is 0 Å². The maximum absolute atomic E-state index is 8.64. The van der Waals surface area contributed by atoms with Gasteiger partial charge in [0.1, 0.15) is 0 Å². The van der Waals surface area contributed by atoms with Gasteiger partial charge in [-0.25, -0.2) is 0 Å². The molecule has 2 N–H and O–H groups in total. The Balaban J connectivity index is 2.09. The molecule has 1 aromatic heterocycles. The maximum Gasteiger partial charge on any atom is 0.0431 e. The first-order chi connectivity index (χ1) is 7.84. The molecule has 0 aromatic carbocycles. The zero-order valence-corrected chi connectivity index (χ0v) is 10.0. The van der Waals surface area contributed by atoms with Crippen LogP contribution in [0.3, 0.4) is 0 Å². The number of hydrogen-bond donors (Lipinski definition) is 2. The molecule has 0 saturated heterocycles. The van der Waals surface area contributed by atoms with Crippen LogP contribution in [0, 0.1) is 0 Å². The highest BCUT2D eigenvalue weighted by molar-refractivity contribution is 5.12. The topological polar surface area (TPSA) is 45.1 Å². The summed E-state index contributed by atoms with van der Waals surface area (Å²) in [6.45, 7) is 3.51. The van der Waals surface area contributed by atoms with Gasteiger partial charge in [-0.1, -0.05) is 18.9 Å². The Hall–Kier alpha value is -0.930. The van der Waals surface area contributed by atoms with Gasteiger partial charge in [0, 0.05) is 25.0 Å². The molecule has 1 rings (SSSR count). The Bertz CT molecular complexity index is 264. The number of nitrogens with zero attached hydrogens (tertiary/aromatic N) is 1. The van der Waals surface area contributed by atoms with Crippen LogP contribution in [0.25, 0.3) is 0 Å². The SMILES string of the molecule is C[C@H](NCCCCCCO)c1cccnc1. The molecule has 0 aliphatic heterocycles. The fourth-order valence-electron chi connectivity index (χ4n) is 1.66. The molecular weight excluding hydrogens is 200 g/mol. The van der Waals surface area contributed by atoms with Crippen LogP contribution in [0.15, 0.2) is 24.5 Å². The minimum Gasteiger partial charge on any atom is -0.396 e. The predicted octanol–water partition coefficient (Wildman–Crippen LogP) is 2.28. The van der Waals surface area contributed by atoms with Gasteiger partial charge in [-0.3, -0.25) is 4.98 Å². The molecule has 1 atom stereocenters. The standard InChI is InChI=1S/C13H22N2O/c1-12(13-7-6-8-14-11-13)15-9-4-2-3-5-10-16/h6-8,11-12,15-16H,2-5,9-10H2,1H3/t12-/m0/s1. The van der Waals surface area contributed by atoms with E-state index in [1.54, 1.807) is 6.20 Å². The number of aliphatic hydroxyl groups is 1. The third-order valence-corrected chi connectivity index (χ3v) is 2.72. The molecule has 0 fully saturated rings. The van der Waals surface area contributed by atoms with E-state index in [2.05, 4.69) is 23.3 Å². The summed E-state index contributed by atoms with van der Waals surface area (Å²) in [5.41, 5.74) is 1.23. The molecule has 90 valence electrons. The molecule has 0 spiro atoms. The van der Waals surface area contributed by atoms with Crippen LogP contribution in [0.4, 0.5) is 0 Å². The van der Waals surface area contributed by atoms with E-state index in [9.17, 15) is 0 Å². The first-order valence-corrected chi connectivity index (χ1v) is 6.08. The number of unbranched alkanes of at least 4 members (excludes halogenated alkanes) is 3. The van der Waals surface area contributed by atoms with E-state index in [0.717, 1.165) is 19.4 Å². The quantitative estimate of drug-likeness (QED) is 0.663. The summed E-state index contributed by atoms with van der Waals surface area (Å²) in [6.07, 6.45) is 8.12. The second-order valence-corrected chi connectivity index (χ2v) is 4.10. The largest absolute Gasteiger partial charge is 0.396 e. The number of hydrogen-bond acceptors (Lipinski definition) is 3. The first kappa shape index (κ1) is 13.1. The second kappa shape index (κ2) is 8.25. The fourth-order valence-corrected chi connectivity index (χ4v) is 1.66. The van der Waals surface area contributed by atoms with Crippen LogP contribution < -0.4 is 5.32 Å². The monoisotopic (exact) mass is 222 g/mol. The molecule has 0 bridgehead atoms. The van der Waals surface area contributed by atoms with Gasteiger partial charge in [0.05, 0.1) is 0 Å². The normalized spacial score (nSPS) is 12.6. The smallest absolute Gasteiger partial charge is 0.0431 e. The summed E-state index contributed by atoms with van der Waals surface area (Å²) >= 11 is 0. The minimum absolute atomic E-state index is 0.319. The van der Waals surface area contributed by atoms with E-state index in [4.69, 9.17) is 5.11 Å². The van der Waals surface area contributed by atoms with Gasteiger partial charge in [0.15, 0.2) is 0 Å². The van der Waals surface area contributed by atoms with Crippen molar-refractivity contribution in [3.63, 3.8) is 0 Å². The second-order valence-electron chi connectivity index (χ2n) is 4.10. The molecule has 1 heterocycles. The zero-order valence-electron chi connectivity index (χ0n) is 10.0. The molecule has 0 aliphatic rings. The average molecular weight is 222 g/mol. The zero-order chi connectivity index (χ0) is 11.6. The number of pyridine rings is 1. The Morgan fingerprint density at radius 3 is 2.81 bits per heavy atom. The highest BCUT2D eigenvalue weighted by atomic mass is 16.2. The third-order valence-electron chi connectivity index (χ3n) is 2.72. The molecule has 16 heavy (non-hydrogen) atoms. The van der Waals surface area contributed by atoms with Gasteiger partial charge in [-0.2, -0.15) is 0 Å². The molecule has 0 unspecified atom stereocenters. The van der Waals surface area contributed by atoms with Crippen LogP contribution in [-0.4, -0.2) is 23.2 Å². The van der Waals surface area contributed by atoms with Crippen LogP contribution in [0.5, 0.6) is 0 Å². The summed E-state index contributed by atoms with van der Waals surface area (Å²) < 4.78 is 0. The van der Waals surface area contributed by atoms with Gasteiger partial charge in [0.2, 0.25) is 0 Å². The molecule has 1 aromatic rings.